The molecule has 4 nitrogen and oxygen atoms in total. The molecule has 1 N–H and O–H groups in total. The van der Waals surface area contributed by atoms with Crippen LogP contribution < -0.4 is 0 Å². The van der Waals surface area contributed by atoms with E-state index in [1.165, 1.54) is 12.3 Å². The van der Waals surface area contributed by atoms with Gasteiger partial charge >= 0.3 is 0 Å². The monoisotopic (exact) mass is 224 g/mol. The first-order chi connectivity index (χ1) is 7.72. The van der Waals surface area contributed by atoms with Crippen molar-refractivity contribution in [2.75, 3.05) is 13.2 Å². The fourth-order valence-corrected chi connectivity index (χ4v) is 1.96. The molecule has 1 aromatic heterocycles. The van der Waals surface area contributed by atoms with Crippen LogP contribution in [0.1, 0.15) is 23.2 Å². The summed E-state index contributed by atoms with van der Waals surface area (Å²) in [6.45, 7) is 0.613. The van der Waals surface area contributed by atoms with Gasteiger partial charge < -0.3 is 10.0 Å². The van der Waals surface area contributed by atoms with Gasteiger partial charge in [0, 0.05) is 12.7 Å². The third-order valence-corrected chi connectivity index (χ3v) is 2.82. The molecule has 0 spiro atoms. The summed E-state index contributed by atoms with van der Waals surface area (Å²) in [6.07, 6.45) is 2.94. The van der Waals surface area contributed by atoms with Crippen molar-refractivity contribution >= 4 is 5.91 Å². The molecule has 5 heteroatoms. The van der Waals surface area contributed by atoms with E-state index in [1.54, 1.807) is 4.90 Å². The number of likely N-dealkylation sites (tertiary alicyclic amines) is 1. The van der Waals surface area contributed by atoms with Crippen molar-refractivity contribution in [1.29, 1.82) is 0 Å². The molecular formula is C11H13FN2O2. The normalized spacial score (nSPS) is 20.1. The fraction of sp³-hybridized carbons (Fsp3) is 0.455. The van der Waals surface area contributed by atoms with Gasteiger partial charge in [-0.1, -0.05) is 0 Å². The molecule has 1 amide bonds. The SMILES string of the molecule is O=C(c1ccc(F)nc1)N1CCCC1CO. The molecule has 0 aromatic carbocycles. The molecule has 1 aliphatic rings. The Labute approximate surface area is 92.7 Å². The zero-order valence-electron chi connectivity index (χ0n) is 8.77. The lowest BCUT2D eigenvalue weighted by Crippen LogP contribution is -2.37. The van der Waals surface area contributed by atoms with Crippen LogP contribution in [0.15, 0.2) is 18.3 Å². The van der Waals surface area contributed by atoms with Gasteiger partial charge in [0.2, 0.25) is 5.95 Å². The van der Waals surface area contributed by atoms with E-state index in [1.807, 2.05) is 0 Å². The summed E-state index contributed by atoms with van der Waals surface area (Å²) in [5.41, 5.74) is 0.363. The molecule has 0 bridgehead atoms. The molecule has 16 heavy (non-hydrogen) atoms. The Kier molecular flexibility index (Phi) is 3.14. The van der Waals surface area contributed by atoms with E-state index in [2.05, 4.69) is 4.98 Å². The number of carbonyl (C=O) groups excluding carboxylic acids is 1. The van der Waals surface area contributed by atoms with Crippen LogP contribution in [0.3, 0.4) is 0 Å². The molecule has 1 fully saturated rings. The van der Waals surface area contributed by atoms with Gasteiger partial charge in [0.15, 0.2) is 0 Å². The minimum absolute atomic E-state index is 0.0274. The number of aliphatic hydroxyl groups excluding tert-OH is 1. The van der Waals surface area contributed by atoms with Gasteiger partial charge in [-0.25, -0.2) is 4.98 Å². The zero-order valence-corrected chi connectivity index (χ0v) is 8.77. The van der Waals surface area contributed by atoms with Crippen molar-refractivity contribution < 1.29 is 14.3 Å². The number of halogens is 1. The second-order valence-electron chi connectivity index (χ2n) is 3.85. The average molecular weight is 224 g/mol. The summed E-state index contributed by atoms with van der Waals surface area (Å²) in [6, 6.07) is 2.46. The van der Waals surface area contributed by atoms with E-state index in [-0.39, 0.29) is 18.6 Å². The Morgan fingerprint density at radius 1 is 1.62 bits per heavy atom. The lowest BCUT2D eigenvalue weighted by molar-refractivity contribution is 0.0677. The van der Waals surface area contributed by atoms with Crippen molar-refractivity contribution in [2.45, 2.75) is 18.9 Å². The van der Waals surface area contributed by atoms with Gasteiger partial charge in [-0.05, 0) is 25.0 Å². The molecule has 0 radical (unpaired) electrons. The van der Waals surface area contributed by atoms with Crippen LogP contribution in [0.2, 0.25) is 0 Å². The topological polar surface area (TPSA) is 53.4 Å². The number of nitrogens with zero attached hydrogens (tertiary/aromatic N) is 2. The number of rotatable bonds is 2. The Hall–Kier alpha value is -1.49. The van der Waals surface area contributed by atoms with Gasteiger partial charge in [-0.3, -0.25) is 4.79 Å². The number of aromatic nitrogens is 1. The van der Waals surface area contributed by atoms with Crippen molar-refractivity contribution in [3.63, 3.8) is 0 Å². The average Bonchev–Trinajstić information content (AvgIpc) is 2.77. The number of hydrogen-bond acceptors (Lipinski definition) is 3. The molecule has 1 aromatic rings. The van der Waals surface area contributed by atoms with Crippen LogP contribution in [-0.2, 0) is 0 Å². The van der Waals surface area contributed by atoms with E-state index in [0.717, 1.165) is 18.9 Å². The van der Waals surface area contributed by atoms with Crippen LogP contribution in [0, 0.1) is 5.95 Å². The number of hydrogen-bond donors (Lipinski definition) is 1. The maximum atomic E-state index is 12.6. The second kappa shape index (κ2) is 4.57. The van der Waals surface area contributed by atoms with E-state index < -0.39 is 5.95 Å². The third-order valence-electron chi connectivity index (χ3n) is 2.82. The van der Waals surface area contributed by atoms with E-state index in [0.29, 0.717) is 12.1 Å². The number of carbonyl (C=O) groups is 1. The van der Waals surface area contributed by atoms with Crippen LogP contribution >= 0.6 is 0 Å². The Bertz CT molecular complexity index is 380. The van der Waals surface area contributed by atoms with E-state index in [4.69, 9.17) is 5.11 Å². The van der Waals surface area contributed by atoms with Crippen molar-refractivity contribution in [2.24, 2.45) is 0 Å². The number of aliphatic hydroxyl groups is 1. The number of pyridine rings is 1. The van der Waals surface area contributed by atoms with Gasteiger partial charge in [0.05, 0.1) is 18.2 Å². The Morgan fingerprint density at radius 3 is 3.06 bits per heavy atom. The fourth-order valence-electron chi connectivity index (χ4n) is 1.96. The minimum Gasteiger partial charge on any atom is -0.394 e. The smallest absolute Gasteiger partial charge is 0.255 e. The summed E-state index contributed by atoms with van der Waals surface area (Å²) in [5, 5.41) is 9.11. The summed E-state index contributed by atoms with van der Waals surface area (Å²) in [7, 11) is 0. The van der Waals surface area contributed by atoms with E-state index >= 15 is 0 Å². The van der Waals surface area contributed by atoms with Crippen molar-refractivity contribution in [3.8, 4) is 0 Å². The highest BCUT2D eigenvalue weighted by Crippen LogP contribution is 2.19. The van der Waals surface area contributed by atoms with Crippen molar-refractivity contribution in [3.05, 3.63) is 29.8 Å². The molecule has 1 aliphatic heterocycles. The summed E-state index contributed by atoms with van der Waals surface area (Å²) in [5.74, 6) is -0.791. The van der Waals surface area contributed by atoms with Gasteiger partial charge in [-0.15, -0.1) is 0 Å². The lowest BCUT2D eigenvalue weighted by atomic mass is 10.2. The van der Waals surface area contributed by atoms with Gasteiger partial charge in [-0.2, -0.15) is 4.39 Å². The van der Waals surface area contributed by atoms with Crippen LogP contribution in [0.25, 0.3) is 0 Å². The summed E-state index contributed by atoms with van der Waals surface area (Å²) < 4.78 is 12.6. The van der Waals surface area contributed by atoms with Crippen LogP contribution in [-0.4, -0.2) is 40.1 Å². The molecule has 2 heterocycles. The molecular weight excluding hydrogens is 211 g/mol. The quantitative estimate of drug-likeness (QED) is 0.756. The van der Waals surface area contributed by atoms with E-state index in [9.17, 15) is 9.18 Å². The molecule has 1 saturated heterocycles. The second-order valence-corrected chi connectivity index (χ2v) is 3.85. The number of amides is 1. The van der Waals surface area contributed by atoms with Gasteiger partial charge in [0.1, 0.15) is 0 Å². The Balaban J connectivity index is 2.15. The predicted molar refractivity (Wildman–Crippen MR) is 55.3 cm³/mol. The highest BCUT2D eigenvalue weighted by Gasteiger charge is 2.28. The van der Waals surface area contributed by atoms with Crippen LogP contribution in [0.5, 0.6) is 0 Å². The summed E-state index contributed by atoms with van der Waals surface area (Å²) in [4.78, 5) is 17.0. The molecule has 0 aliphatic carbocycles. The molecule has 1 atom stereocenters. The first-order valence-corrected chi connectivity index (χ1v) is 5.26. The van der Waals surface area contributed by atoms with Crippen molar-refractivity contribution in [1.82, 2.24) is 9.88 Å². The lowest BCUT2D eigenvalue weighted by Gasteiger charge is -2.22. The molecule has 2 rings (SSSR count). The zero-order chi connectivity index (χ0) is 11.5. The minimum atomic E-state index is -0.600. The predicted octanol–water partition coefficient (Wildman–Crippen LogP) is 0.818. The first kappa shape index (κ1) is 11.0. The first-order valence-electron chi connectivity index (χ1n) is 5.26. The third kappa shape index (κ3) is 2.04. The standard InChI is InChI=1S/C11H13FN2O2/c12-10-4-3-8(6-13-10)11(16)14-5-1-2-9(14)7-15/h3-4,6,9,15H,1-2,5,7H2. The largest absolute Gasteiger partial charge is 0.394 e. The maximum absolute atomic E-state index is 12.6. The molecule has 0 saturated carbocycles. The van der Waals surface area contributed by atoms with Gasteiger partial charge in [0.25, 0.3) is 5.91 Å². The molecule has 1 unspecified atom stereocenters. The molecule has 86 valence electrons. The summed E-state index contributed by atoms with van der Waals surface area (Å²) >= 11 is 0. The highest BCUT2D eigenvalue weighted by atomic mass is 19.1. The highest BCUT2D eigenvalue weighted by molar-refractivity contribution is 5.94. The Morgan fingerprint density at radius 2 is 2.44 bits per heavy atom. The van der Waals surface area contributed by atoms with Crippen LogP contribution in [0.4, 0.5) is 4.39 Å². The maximum Gasteiger partial charge on any atom is 0.255 e.